The molecular weight excluding hydrogens is 212 g/mol. The van der Waals surface area contributed by atoms with Crippen LogP contribution in [-0.2, 0) is 4.79 Å². The van der Waals surface area contributed by atoms with Crippen LogP contribution in [-0.4, -0.2) is 24.5 Å². The monoisotopic (exact) mass is 238 g/mol. The van der Waals surface area contributed by atoms with E-state index in [4.69, 9.17) is 0 Å². The molecule has 3 unspecified atom stereocenters. The van der Waals surface area contributed by atoms with Crippen LogP contribution < -0.4 is 10.6 Å². The fourth-order valence-electron chi connectivity index (χ4n) is 3.28. The van der Waals surface area contributed by atoms with E-state index in [-0.39, 0.29) is 17.2 Å². The highest BCUT2D eigenvalue weighted by molar-refractivity contribution is 5.79. The molecule has 0 bridgehead atoms. The van der Waals surface area contributed by atoms with Gasteiger partial charge in [-0.15, -0.1) is 0 Å². The third-order valence-electron chi connectivity index (χ3n) is 4.67. The van der Waals surface area contributed by atoms with Crippen molar-refractivity contribution in [1.29, 1.82) is 0 Å². The number of nitrogens with one attached hydrogen (secondary N) is 2. The SMILES string of the molecule is CC1NCCCC1C(=O)NC1CCCC1(C)C. The zero-order valence-electron chi connectivity index (χ0n) is 11.4. The summed E-state index contributed by atoms with van der Waals surface area (Å²) < 4.78 is 0. The molecule has 2 rings (SSSR count). The first-order valence-electron chi connectivity index (χ1n) is 7.04. The maximum atomic E-state index is 12.3. The molecule has 1 heterocycles. The summed E-state index contributed by atoms with van der Waals surface area (Å²) in [6.07, 6.45) is 5.78. The zero-order valence-corrected chi connectivity index (χ0v) is 11.4. The van der Waals surface area contributed by atoms with Crippen molar-refractivity contribution >= 4 is 5.91 Å². The minimum atomic E-state index is 0.167. The summed E-state index contributed by atoms with van der Waals surface area (Å²) in [5, 5.41) is 6.69. The molecule has 1 saturated heterocycles. The Morgan fingerprint density at radius 3 is 2.65 bits per heavy atom. The van der Waals surface area contributed by atoms with Gasteiger partial charge in [0.1, 0.15) is 0 Å². The van der Waals surface area contributed by atoms with E-state index < -0.39 is 0 Å². The summed E-state index contributed by atoms with van der Waals surface area (Å²) in [5.74, 6) is 0.435. The summed E-state index contributed by atoms with van der Waals surface area (Å²) in [4.78, 5) is 12.3. The first-order chi connectivity index (χ1) is 8.00. The summed E-state index contributed by atoms with van der Waals surface area (Å²) in [6, 6.07) is 0.706. The molecule has 0 aromatic rings. The highest BCUT2D eigenvalue weighted by Gasteiger charge is 2.37. The molecule has 1 amide bonds. The molecule has 0 radical (unpaired) electrons. The van der Waals surface area contributed by atoms with E-state index in [1.54, 1.807) is 0 Å². The Kier molecular flexibility index (Phi) is 3.76. The largest absolute Gasteiger partial charge is 0.353 e. The minimum Gasteiger partial charge on any atom is -0.353 e. The van der Waals surface area contributed by atoms with Crippen LogP contribution in [0.4, 0.5) is 0 Å². The Balaban J connectivity index is 1.92. The van der Waals surface area contributed by atoms with Crippen LogP contribution >= 0.6 is 0 Å². The fourth-order valence-corrected chi connectivity index (χ4v) is 3.28. The van der Waals surface area contributed by atoms with E-state index in [2.05, 4.69) is 31.4 Å². The molecule has 1 aliphatic heterocycles. The van der Waals surface area contributed by atoms with E-state index in [1.165, 1.54) is 12.8 Å². The maximum absolute atomic E-state index is 12.3. The van der Waals surface area contributed by atoms with E-state index in [0.717, 1.165) is 25.8 Å². The molecule has 0 aromatic carbocycles. The average Bonchev–Trinajstić information content (AvgIpc) is 2.59. The molecule has 98 valence electrons. The quantitative estimate of drug-likeness (QED) is 0.773. The lowest BCUT2D eigenvalue weighted by atomic mass is 9.86. The van der Waals surface area contributed by atoms with Gasteiger partial charge in [-0.25, -0.2) is 0 Å². The van der Waals surface area contributed by atoms with Gasteiger partial charge in [-0.3, -0.25) is 4.79 Å². The first-order valence-corrected chi connectivity index (χ1v) is 7.04. The molecule has 2 fully saturated rings. The lowest BCUT2D eigenvalue weighted by Gasteiger charge is -2.33. The normalized spacial score (nSPS) is 36.8. The standard InChI is InChI=1S/C14H26N2O/c1-10-11(6-5-9-15-10)13(17)16-12-7-4-8-14(12,2)3/h10-12,15H,4-9H2,1-3H3,(H,16,17). The second-order valence-electron chi connectivity index (χ2n) is 6.43. The van der Waals surface area contributed by atoms with Crippen molar-refractivity contribution in [3.63, 3.8) is 0 Å². The van der Waals surface area contributed by atoms with Gasteiger partial charge in [0.05, 0.1) is 5.92 Å². The Bertz CT molecular complexity index is 288. The minimum absolute atomic E-state index is 0.167. The Labute approximate surface area is 105 Å². The third kappa shape index (κ3) is 2.82. The van der Waals surface area contributed by atoms with Gasteiger partial charge in [0.2, 0.25) is 5.91 Å². The van der Waals surface area contributed by atoms with E-state index in [0.29, 0.717) is 12.1 Å². The smallest absolute Gasteiger partial charge is 0.224 e. The third-order valence-corrected chi connectivity index (χ3v) is 4.67. The topological polar surface area (TPSA) is 41.1 Å². The first kappa shape index (κ1) is 12.9. The number of carbonyl (C=O) groups is 1. The van der Waals surface area contributed by atoms with Gasteiger partial charge in [0.15, 0.2) is 0 Å². The van der Waals surface area contributed by atoms with Gasteiger partial charge < -0.3 is 10.6 Å². The Morgan fingerprint density at radius 2 is 2.06 bits per heavy atom. The van der Waals surface area contributed by atoms with Gasteiger partial charge in [-0.1, -0.05) is 20.3 Å². The molecule has 2 aliphatic rings. The molecule has 0 aromatic heterocycles. The summed E-state index contributed by atoms with van der Waals surface area (Å²) in [6.45, 7) is 7.73. The Morgan fingerprint density at radius 1 is 1.29 bits per heavy atom. The molecule has 3 nitrogen and oxygen atoms in total. The number of rotatable bonds is 2. The zero-order chi connectivity index (χ0) is 12.5. The maximum Gasteiger partial charge on any atom is 0.224 e. The van der Waals surface area contributed by atoms with Crippen molar-refractivity contribution < 1.29 is 4.79 Å². The van der Waals surface area contributed by atoms with E-state index in [9.17, 15) is 4.79 Å². The number of hydrogen-bond donors (Lipinski definition) is 2. The van der Waals surface area contributed by atoms with Gasteiger partial charge in [-0.2, -0.15) is 0 Å². The number of piperidine rings is 1. The van der Waals surface area contributed by atoms with Crippen LogP contribution in [0.2, 0.25) is 0 Å². The van der Waals surface area contributed by atoms with Crippen molar-refractivity contribution in [2.24, 2.45) is 11.3 Å². The van der Waals surface area contributed by atoms with E-state index in [1.807, 2.05) is 0 Å². The fraction of sp³-hybridized carbons (Fsp3) is 0.929. The molecule has 0 spiro atoms. The predicted octanol–water partition coefficient (Wildman–Crippen LogP) is 2.07. The highest BCUT2D eigenvalue weighted by Crippen LogP contribution is 2.37. The van der Waals surface area contributed by atoms with Gasteiger partial charge in [0.25, 0.3) is 0 Å². The van der Waals surface area contributed by atoms with Gasteiger partial charge >= 0.3 is 0 Å². The highest BCUT2D eigenvalue weighted by atomic mass is 16.2. The van der Waals surface area contributed by atoms with Gasteiger partial charge in [-0.05, 0) is 44.6 Å². The lowest BCUT2D eigenvalue weighted by Crippen LogP contribution is -2.50. The summed E-state index contributed by atoms with van der Waals surface area (Å²) >= 11 is 0. The molecule has 2 N–H and O–H groups in total. The number of carbonyl (C=O) groups excluding carboxylic acids is 1. The second-order valence-corrected chi connectivity index (χ2v) is 6.43. The molecule has 17 heavy (non-hydrogen) atoms. The second kappa shape index (κ2) is 4.97. The van der Waals surface area contributed by atoms with Crippen molar-refractivity contribution in [3.05, 3.63) is 0 Å². The average molecular weight is 238 g/mol. The lowest BCUT2D eigenvalue weighted by molar-refractivity contribution is -0.127. The predicted molar refractivity (Wildman–Crippen MR) is 69.8 cm³/mol. The van der Waals surface area contributed by atoms with Crippen molar-refractivity contribution in [1.82, 2.24) is 10.6 Å². The van der Waals surface area contributed by atoms with Crippen LogP contribution in [0.5, 0.6) is 0 Å². The van der Waals surface area contributed by atoms with Crippen molar-refractivity contribution in [2.45, 2.75) is 65.0 Å². The number of amides is 1. The molecule has 1 aliphatic carbocycles. The van der Waals surface area contributed by atoms with Gasteiger partial charge in [0, 0.05) is 12.1 Å². The van der Waals surface area contributed by atoms with Crippen LogP contribution in [0, 0.1) is 11.3 Å². The van der Waals surface area contributed by atoms with Crippen LogP contribution in [0.15, 0.2) is 0 Å². The summed E-state index contributed by atoms with van der Waals surface area (Å²) in [5.41, 5.74) is 0.279. The van der Waals surface area contributed by atoms with Crippen molar-refractivity contribution in [3.8, 4) is 0 Å². The van der Waals surface area contributed by atoms with Crippen LogP contribution in [0.1, 0.15) is 52.9 Å². The molecular formula is C14H26N2O. The molecule has 3 heteroatoms. The summed E-state index contributed by atoms with van der Waals surface area (Å²) in [7, 11) is 0. The number of hydrogen-bond acceptors (Lipinski definition) is 2. The van der Waals surface area contributed by atoms with Crippen molar-refractivity contribution in [2.75, 3.05) is 6.54 Å². The van der Waals surface area contributed by atoms with Crippen LogP contribution in [0.25, 0.3) is 0 Å². The Hall–Kier alpha value is -0.570. The molecule has 1 saturated carbocycles. The van der Waals surface area contributed by atoms with Crippen LogP contribution in [0.3, 0.4) is 0 Å². The van der Waals surface area contributed by atoms with E-state index >= 15 is 0 Å². The molecule has 3 atom stereocenters.